The highest BCUT2D eigenvalue weighted by Gasteiger charge is 2.54. The summed E-state index contributed by atoms with van der Waals surface area (Å²) < 4.78 is 5.66. The summed E-state index contributed by atoms with van der Waals surface area (Å²) >= 11 is 0. The zero-order valence-electron chi connectivity index (χ0n) is 12.2. The average molecular weight is 288 g/mol. The minimum Gasteiger partial charge on any atom is -0.377 e. The Morgan fingerprint density at radius 3 is 2.90 bits per heavy atom. The molecule has 2 bridgehead atoms. The Kier molecular flexibility index (Phi) is 2.89. The Balaban J connectivity index is 1.46. The number of hydrogen-bond donors (Lipinski definition) is 1. The van der Waals surface area contributed by atoms with E-state index in [0.29, 0.717) is 6.10 Å². The monoisotopic (exact) mass is 288 g/mol. The number of nitrogens with one attached hydrogen (secondary N) is 1. The predicted octanol–water partition coefficient (Wildman–Crippen LogP) is 0.940. The Bertz CT molecular complexity index is 561. The van der Waals surface area contributed by atoms with E-state index in [2.05, 4.69) is 15.3 Å². The van der Waals surface area contributed by atoms with E-state index in [1.165, 1.54) is 0 Å². The van der Waals surface area contributed by atoms with Crippen molar-refractivity contribution in [3.63, 3.8) is 0 Å². The lowest BCUT2D eigenvalue weighted by molar-refractivity contribution is -0.135. The van der Waals surface area contributed by atoms with Crippen LogP contribution in [0.3, 0.4) is 0 Å². The van der Waals surface area contributed by atoms with Gasteiger partial charge in [0.25, 0.3) is 0 Å². The van der Waals surface area contributed by atoms with Crippen molar-refractivity contribution in [2.24, 2.45) is 0 Å². The Morgan fingerprint density at radius 2 is 2.29 bits per heavy atom. The van der Waals surface area contributed by atoms with Crippen LogP contribution in [0.1, 0.15) is 31.9 Å². The first-order valence-corrected chi connectivity index (χ1v) is 7.66. The van der Waals surface area contributed by atoms with Crippen LogP contribution in [0.2, 0.25) is 0 Å². The fourth-order valence-electron chi connectivity index (χ4n) is 3.43. The van der Waals surface area contributed by atoms with Crippen molar-refractivity contribution in [3.05, 3.63) is 18.1 Å². The van der Waals surface area contributed by atoms with Crippen LogP contribution in [0.5, 0.6) is 0 Å². The Morgan fingerprint density at radius 1 is 1.48 bits per heavy atom. The maximum atomic E-state index is 12.1. The third-order valence-electron chi connectivity index (χ3n) is 4.95. The molecule has 1 aliphatic carbocycles. The second kappa shape index (κ2) is 4.66. The number of aromatic nitrogens is 2. The van der Waals surface area contributed by atoms with Crippen LogP contribution in [-0.2, 0) is 14.9 Å². The van der Waals surface area contributed by atoms with Crippen LogP contribution in [0, 0.1) is 0 Å². The standard InChI is InChI=1S/C15H20N4O2/c1-10(14(20)19-3-2-4-19)18-13-5-12(16-9-17-13)15-6-11(7-15)21-8-15/h5,9-11H,2-4,6-8H2,1H3,(H,16,17,18)/t10-,11?,15?/m1/s1. The molecule has 1 N–H and O–H groups in total. The van der Waals surface area contributed by atoms with Gasteiger partial charge in [-0.25, -0.2) is 9.97 Å². The van der Waals surface area contributed by atoms with E-state index < -0.39 is 0 Å². The summed E-state index contributed by atoms with van der Waals surface area (Å²) in [6, 6.07) is 1.73. The van der Waals surface area contributed by atoms with Gasteiger partial charge in [0.05, 0.1) is 18.4 Å². The van der Waals surface area contributed by atoms with E-state index in [1.54, 1.807) is 6.33 Å². The first-order chi connectivity index (χ1) is 10.2. The SMILES string of the molecule is C[C@@H](Nc1cc(C23COC(C2)C3)ncn1)C(=O)N1CCC1. The lowest BCUT2D eigenvalue weighted by atomic mass is 9.68. The molecule has 0 spiro atoms. The molecule has 4 aliphatic rings. The van der Waals surface area contributed by atoms with Crippen molar-refractivity contribution in [1.82, 2.24) is 14.9 Å². The molecule has 6 heteroatoms. The summed E-state index contributed by atoms with van der Waals surface area (Å²) in [6.07, 6.45) is 5.24. The fourth-order valence-corrected chi connectivity index (χ4v) is 3.43. The number of hydrogen-bond acceptors (Lipinski definition) is 5. The molecule has 3 saturated heterocycles. The van der Waals surface area contributed by atoms with Gasteiger partial charge in [0.1, 0.15) is 18.2 Å². The number of nitrogens with zero attached hydrogens (tertiary/aromatic N) is 3. The van der Waals surface area contributed by atoms with Crippen LogP contribution in [0.4, 0.5) is 5.82 Å². The van der Waals surface area contributed by atoms with Gasteiger partial charge in [0.2, 0.25) is 5.91 Å². The van der Waals surface area contributed by atoms with E-state index in [9.17, 15) is 4.79 Å². The average Bonchev–Trinajstić information content (AvgIpc) is 2.97. The first kappa shape index (κ1) is 13.0. The molecule has 0 unspecified atom stereocenters. The summed E-state index contributed by atoms with van der Waals surface area (Å²) in [7, 11) is 0. The van der Waals surface area contributed by atoms with E-state index in [4.69, 9.17) is 4.74 Å². The highest BCUT2D eigenvalue weighted by Crippen LogP contribution is 2.51. The molecular weight excluding hydrogens is 268 g/mol. The molecule has 0 radical (unpaired) electrons. The summed E-state index contributed by atoms with van der Waals surface area (Å²) in [5.41, 5.74) is 1.13. The molecule has 6 nitrogen and oxygen atoms in total. The lowest BCUT2D eigenvalue weighted by Crippen LogP contribution is -2.48. The summed E-state index contributed by atoms with van der Waals surface area (Å²) in [5.74, 6) is 0.874. The molecule has 1 aromatic heterocycles. The van der Waals surface area contributed by atoms with Gasteiger partial charge in [-0.1, -0.05) is 0 Å². The molecule has 1 amide bonds. The zero-order valence-corrected chi connectivity index (χ0v) is 12.2. The largest absolute Gasteiger partial charge is 0.377 e. The number of rotatable bonds is 4. The molecule has 112 valence electrons. The summed E-state index contributed by atoms with van der Waals surface area (Å²) in [4.78, 5) is 22.7. The van der Waals surface area contributed by atoms with Crippen molar-refractivity contribution < 1.29 is 9.53 Å². The van der Waals surface area contributed by atoms with Crippen LogP contribution < -0.4 is 5.32 Å². The maximum Gasteiger partial charge on any atom is 0.244 e. The molecule has 5 rings (SSSR count). The predicted molar refractivity (Wildman–Crippen MR) is 77.0 cm³/mol. The van der Waals surface area contributed by atoms with E-state index >= 15 is 0 Å². The second-order valence-corrected chi connectivity index (χ2v) is 6.45. The van der Waals surface area contributed by atoms with Crippen LogP contribution in [0.15, 0.2) is 12.4 Å². The van der Waals surface area contributed by atoms with Crippen LogP contribution in [-0.4, -0.2) is 52.6 Å². The Labute approximate surface area is 123 Å². The fraction of sp³-hybridized carbons (Fsp3) is 0.667. The minimum absolute atomic E-state index is 0.0920. The smallest absolute Gasteiger partial charge is 0.244 e. The van der Waals surface area contributed by atoms with Crippen molar-refractivity contribution in [1.29, 1.82) is 0 Å². The quantitative estimate of drug-likeness (QED) is 0.893. The van der Waals surface area contributed by atoms with Crippen molar-refractivity contribution >= 4 is 11.7 Å². The molecule has 1 atom stereocenters. The van der Waals surface area contributed by atoms with Gasteiger partial charge in [0, 0.05) is 24.6 Å². The number of ether oxygens (including phenoxy) is 1. The highest BCUT2D eigenvalue weighted by molar-refractivity contribution is 5.84. The van der Waals surface area contributed by atoms with Gasteiger partial charge >= 0.3 is 0 Å². The van der Waals surface area contributed by atoms with Crippen molar-refractivity contribution in [2.45, 2.75) is 43.7 Å². The van der Waals surface area contributed by atoms with E-state index in [1.807, 2.05) is 17.9 Å². The first-order valence-electron chi connectivity index (χ1n) is 7.66. The van der Waals surface area contributed by atoms with E-state index in [-0.39, 0.29) is 17.4 Å². The molecule has 21 heavy (non-hydrogen) atoms. The topological polar surface area (TPSA) is 67.3 Å². The number of fused-ring (bicyclic) bond motifs is 1. The van der Waals surface area contributed by atoms with Crippen molar-refractivity contribution in [2.75, 3.05) is 25.0 Å². The molecule has 1 saturated carbocycles. The summed E-state index contributed by atoms with van der Waals surface area (Å²) in [5, 5.41) is 3.21. The number of anilines is 1. The normalized spacial score (nSPS) is 31.3. The third kappa shape index (κ3) is 2.09. The van der Waals surface area contributed by atoms with Gasteiger partial charge < -0.3 is 15.0 Å². The number of likely N-dealkylation sites (tertiary alicyclic amines) is 1. The van der Waals surface area contributed by atoms with Crippen molar-refractivity contribution in [3.8, 4) is 0 Å². The number of amides is 1. The number of carbonyl (C=O) groups is 1. The molecule has 0 aromatic carbocycles. The second-order valence-electron chi connectivity index (χ2n) is 6.45. The molecule has 4 fully saturated rings. The van der Waals surface area contributed by atoms with E-state index in [0.717, 1.165) is 50.5 Å². The molecule has 1 aromatic rings. The van der Waals surface area contributed by atoms with Crippen LogP contribution >= 0.6 is 0 Å². The minimum atomic E-state index is -0.250. The van der Waals surface area contributed by atoms with Gasteiger partial charge in [-0.2, -0.15) is 0 Å². The maximum absolute atomic E-state index is 12.1. The number of carbonyl (C=O) groups excluding carboxylic acids is 1. The van der Waals surface area contributed by atoms with Crippen LogP contribution in [0.25, 0.3) is 0 Å². The molecule has 3 aliphatic heterocycles. The Hall–Kier alpha value is -1.69. The summed E-state index contributed by atoms with van der Waals surface area (Å²) in [6.45, 7) is 4.40. The van der Waals surface area contributed by atoms with Gasteiger partial charge in [-0.3, -0.25) is 4.79 Å². The zero-order chi connectivity index (χ0) is 14.4. The lowest BCUT2D eigenvalue weighted by Gasteiger charge is -2.35. The van der Waals surface area contributed by atoms with Gasteiger partial charge in [-0.15, -0.1) is 0 Å². The molecular formula is C15H20N4O2. The highest BCUT2D eigenvalue weighted by atomic mass is 16.5. The third-order valence-corrected chi connectivity index (χ3v) is 4.95. The molecule has 4 heterocycles. The van der Waals surface area contributed by atoms with Gasteiger partial charge in [0.15, 0.2) is 0 Å². The van der Waals surface area contributed by atoms with Gasteiger partial charge in [-0.05, 0) is 26.2 Å².